The largest absolute Gasteiger partial charge is 0.345 e. The molecule has 1 aromatic carbocycles. The molecule has 1 aliphatic heterocycles. The molecular formula is C17H26N3O2+. The first kappa shape index (κ1) is 16.5. The number of amides is 2. The molecule has 1 heterocycles. The second kappa shape index (κ2) is 6.08. The normalized spacial score (nSPS) is 20.2. The molecule has 0 unspecified atom stereocenters. The molecule has 0 aliphatic carbocycles. The van der Waals surface area contributed by atoms with E-state index in [2.05, 4.69) is 43.6 Å². The Bertz CT molecular complexity index is 536. The minimum Gasteiger partial charge on any atom is -0.345 e. The van der Waals surface area contributed by atoms with Crippen LogP contribution in [0.15, 0.2) is 30.3 Å². The number of hydrogen-bond donors (Lipinski definition) is 3. The number of nitrogens with one attached hydrogen (secondary N) is 2. The lowest BCUT2D eigenvalue weighted by Gasteiger charge is -2.43. The monoisotopic (exact) mass is 304 g/mol. The van der Waals surface area contributed by atoms with Gasteiger partial charge in [0, 0.05) is 24.6 Å². The Labute approximate surface area is 131 Å². The van der Waals surface area contributed by atoms with Crippen molar-refractivity contribution >= 4 is 17.5 Å². The van der Waals surface area contributed by atoms with Gasteiger partial charge in [0.05, 0.1) is 11.1 Å². The van der Waals surface area contributed by atoms with E-state index in [0.717, 1.165) is 12.8 Å². The molecule has 0 atom stereocenters. The van der Waals surface area contributed by atoms with Crippen molar-refractivity contribution in [1.82, 2.24) is 5.32 Å². The van der Waals surface area contributed by atoms with E-state index in [9.17, 15) is 9.59 Å². The first-order chi connectivity index (χ1) is 10.2. The summed E-state index contributed by atoms with van der Waals surface area (Å²) in [5.74, 6) is -1.18. The van der Waals surface area contributed by atoms with E-state index in [1.54, 1.807) is 12.1 Å². The lowest BCUT2D eigenvalue weighted by Crippen LogP contribution is -3.06. The van der Waals surface area contributed by atoms with Crippen molar-refractivity contribution in [3.8, 4) is 0 Å². The van der Waals surface area contributed by atoms with Gasteiger partial charge in [-0.3, -0.25) is 9.59 Å². The molecule has 22 heavy (non-hydrogen) atoms. The maximum absolute atomic E-state index is 12.1. The summed E-state index contributed by atoms with van der Waals surface area (Å²) in [5.41, 5.74) is 0.728. The van der Waals surface area contributed by atoms with E-state index < -0.39 is 11.8 Å². The van der Waals surface area contributed by atoms with Gasteiger partial charge in [-0.15, -0.1) is 0 Å². The third kappa shape index (κ3) is 4.56. The van der Waals surface area contributed by atoms with Crippen LogP contribution >= 0.6 is 0 Å². The molecule has 5 heteroatoms. The van der Waals surface area contributed by atoms with Crippen molar-refractivity contribution < 1.29 is 14.9 Å². The van der Waals surface area contributed by atoms with E-state index in [-0.39, 0.29) is 17.1 Å². The number of benzene rings is 1. The Morgan fingerprint density at radius 1 is 1.00 bits per heavy atom. The highest BCUT2D eigenvalue weighted by molar-refractivity contribution is 6.39. The summed E-state index contributed by atoms with van der Waals surface area (Å²) in [6.07, 6.45) is 1.70. The lowest BCUT2D eigenvalue weighted by atomic mass is 9.79. The molecule has 1 fully saturated rings. The Morgan fingerprint density at radius 2 is 1.55 bits per heavy atom. The Hall–Kier alpha value is -1.88. The van der Waals surface area contributed by atoms with E-state index in [4.69, 9.17) is 0 Å². The third-order valence-electron chi connectivity index (χ3n) is 3.90. The van der Waals surface area contributed by atoms with Gasteiger partial charge >= 0.3 is 11.8 Å². The van der Waals surface area contributed by atoms with E-state index in [0.29, 0.717) is 5.69 Å². The fraction of sp³-hybridized carbons (Fsp3) is 0.529. The number of nitrogens with two attached hydrogens (primary N) is 1. The third-order valence-corrected chi connectivity index (χ3v) is 3.90. The Kier molecular flexibility index (Phi) is 4.56. The van der Waals surface area contributed by atoms with Crippen LogP contribution in [-0.2, 0) is 9.59 Å². The number of para-hydroxylation sites is 1. The summed E-state index contributed by atoms with van der Waals surface area (Å²) >= 11 is 0. The Morgan fingerprint density at radius 3 is 2.09 bits per heavy atom. The van der Waals surface area contributed by atoms with Crippen molar-refractivity contribution in [3.63, 3.8) is 0 Å². The van der Waals surface area contributed by atoms with Crippen molar-refractivity contribution in [2.24, 2.45) is 0 Å². The average Bonchev–Trinajstić information content (AvgIpc) is 2.35. The van der Waals surface area contributed by atoms with Gasteiger partial charge in [0.15, 0.2) is 0 Å². The smallest absolute Gasteiger partial charge is 0.313 e. The molecule has 0 saturated carbocycles. The van der Waals surface area contributed by atoms with Crippen LogP contribution in [0.5, 0.6) is 0 Å². The number of carbonyl (C=O) groups is 2. The van der Waals surface area contributed by atoms with Crippen molar-refractivity contribution in [2.45, 2.75) is 57.7 Å². The highest BCUT2D eigenvalue weighted by Crippen LogP contribution is 2.21. The molecule has 0 spiro atoms. The zero-order valence-electron chi connectivity index (χ0n) is 13.8. The van der Waals surface area contributed by atoms with Crippen LogP contribution in [0, 0.1) is 0 Å². The van der Waals surface area contributed by atoms with Crippen LogP contribution in [0.4, 0.5) is 5.69 Å². The van der Waals surface area contributed by atoms with Crippen LogP contribution in [0.3, 0.4) is 0 Å². The van der Waals surface area contributed by atoms with Gasteiger partial charge in [-0.05, 0) is 39.8 Å². The zero-order valence-corrected chi connectivity index (χ0v) is 13.8. The number of carbonyl (C=O) groups excluding carboxylic acids is 2. The van der Waals surface area contributed by atoms with Crippen LogP contribution in [0.1, 0.15) is 40.5 Å². The number of anilines is 1. The SMILES string of the molecule is CC1(C)CC(NC(=O)C(=O)Nc2ccccc2)CC(C)(C)[NH2+]1. The van der Waals surface area contributed by atoms with Gasteiger partial charge in [0.25, 0.3) is 0 Å². The number of quaternary nitrogens is 1. The molecule has 0 radical (unpaired) electrons. The second-order valence-electron chi connectivity index (χ2n) is 7.52. The van der Waals surface area contributed by atoms with E-state index >= 15 is 0 Å². The standard InChI is InChI=1S/C17H25N3O2/c1-16(2)10-13(11-17(3,4)20-16)19-15(22)14(21)18-12-8-6-5-7-9-12/h5-9,13,20H,10-11H2,1-4H3,(H,18,21)(H,19,22)/p+1. The molecule has 2 rings (SSSR count). The first-order valence-electron chi connectivity index (χ1n) is 7.71. The van der Waals surface area contributed by atoms with Crippen molar-refractivity contribution in [2.75, 3.05) is 5.32 Å². The minimum absolute atomic E-state index is 0.0176. The molecule has 1 aromatic rings. The fourth-order valence-corrected chi connectivity index (χ4v) is 3.58. The van der Waals surface area contributed by atoms with Crippen molar-refractivity contribution in [1.29, 1.82) is 0 Å². The molecule has 1 saturated heterocycles. The van der Waals surface area contributed by atoms with Crippen LogP contribution in [0.25, 0.3) is 0 Å². The lowest BCUT2D eigenvalue weighted by molar-refractivity contribution is -0.787. The molecule has 0 bridgehead atoms. The second-order valence-corrected chi connectivity index (χ2v) is 7.52. The highest BCUT2D eigenvalue weighted by atomic mass is 16.2. The van der Waals surface area contributed by atoms with Crippen LogP contribution < -0.4 is 16.0 Å². The predicted octanol–water partition coefficient (Wildman–Crippen LogP) is 1.02. The first-order valence-corrected chi connectivity index (χ1v) is 7.71. The van der Waals surface area contributed by atoms with Gasteiger partial charge in [0.2, 0.25) is 0 Å². The summed E-state index contributed by atoms with van der Waals surface area (Å²) in [6, 6.07) is 9.02. The summed E-state index contributed by atoms with van der Waals surface area (Å²) in [5, 5.41) is 7.83. The summed E-state index contributed by atoms with van der Waals surface area (Å²) in [7, 11) is 0. The molecule has 1 aliphatic rings. The van der Waals surface area contributed by atoms with E-state index in [1.807, 2.05) is 18.2 Å². The maximum atomic E-state index is 12.1. The van der Waals surface area contributed by atoms with Gasteiger partial charge in [0.1, 0.15) is 0 Å². The molecule has 120 valence electrons. The maximum Gasteiger partial charge on any atom is 0.313 e. The molecule has 2 amide bonds. The van der Waals surface area contributed by atoms with Crippen LogP contribution in [0.2, 0.25) is 0 Å². The van der Waals surface area contributed by atoms with Gasteiger partial charge in [-0.1, -0.05) is 18.2 Å². The van der Waals surface area contributed by atoms with Gasteiger partial charge in [-0.25, -0.2) is 0 Å². The van der Waals surface area contributed by atoms with Gasteiger partial charge < -0.3 is 16.0 Å². The molecular weight excluding hydrogens is 278 g/mol. The van der Waals surface area contributed by atoms with Crippen molar-refractivity contribution in [3.05, 3.63) is 30.3 Å². The summed E-state index contributed by atoms with van der Waals surface area (Å²) in [4.78, 5) is 24.1. The zero-order chi connectivity index (χ0) is 16.4. The molecule has 0 aromatic heterocycles. The summed E-state index contributed by atoms with van der Waals surface area (Å²) < 4.78 is 0. The highest BCUT2D eigenvalue weighted by Gasteiger charge is 2.42. The van der Waals surface area contributed by atoms with Crippen LogP contribution in [-0.4, -0.2) is 28.9 Å². The number of piperidine rings is 1. The topological polar surface area (TPSA) is 74.8 Å². The molecule has 5 nitrogen and oxygen atoms in total. The average molecular weight is 304 g/mol. The molecule has 4 N–H and O–H groups in total. The Balaban J connectivity index is 1.95. The number of rotatable bonds is 2. The summed E-state index contributed by atoms with van der Waals surface area (Å²) in [6.45, 7) is 8.66. The van der Waals surface area contributed by atoms with Gasteiger partial charge in [-0.2, -0.15) is 0 Å². The minimum atomic E-state index is -0.614. The predicted molar refractivity (Wildman–Crippen MR) is 86.3 cm³/mol. The van der Waals surface area contributed by atoms with E-state index in [1.165, 1.54) is 0 Å². The quantitative estimate of drug-likeness (QED) is 0.714. The fourth-order valence-electron chi connectivity index (χ4n) is 3.58. The number of hydrogen-bond acceptors (Lipinski definition) is 2.